The van der Waals surface area contributed by atoms with Gasteiger partial charge in [0.05, 0.1) is 0 Å². The van der Waals surface area contributed by atoms with Gasteiger partial charge < -0.3 is 5.32 Å². The Hall–Kier alpha value is -2.98. The number of guanidine groups is 1. The summed E-state index contributed by atoms with van der Waals surface area (Å²) in [6.07, 6.45) is 0. The molecular formula is C21H17F2N3OS. The van der Waals surface area contributed by atoms with Crippen LogP contribution in [-0.2, 0) is 10.3 Å². The number of carbonyl (C=O) groups excluding carboxylic acids is 1. The third-order valence-corrected chi connectivity index (χ3v) is 6.37. The largest absolute Gasteiger partial charge is 0.351 e. The Kier molecular flexibility index (Phi) is 3.95. The summed E-state index contributed by atoms with van der Waals surface area (Å²) in [6, 6.07) is 10.9. The molecular weight excluding hydrogens is 380 g/mol. The topological polar surface area (TPSA) is 56.2 Å². The van der Waals surface area contributed by atoms with E-state index in [4.69, 9.17) is 5.41 Å². The van der Waals surface area contributed by atoms with Crippen molar-refractivity contribution in [1.29, 1.82) is 5.41 Å². The van der Waals surface area contributed by atoms with E-state index in [-0.39, 0.29) is 11.5 Å². The van der Waals surface area contributed by atoms with Crippen LogP contribution in [0.2, 0.25) is 0 Å². The first-order valence-corrected chi connectivity index (χ1v) is 9.43. The second kappa shape index (κ2) is 6.01. The summed E-state index contributed by atoms with van der Waals surface area (Å²) in [5, 5.41) is 12.2. The van der Waals surface area contributed by atoms with Gasteiger partial charge in [-0.05, 0) is 49.7 Å². The van der Waals surface area contributed by atoms with Gasteiger partial charge >= 0.3 is 11.8 Å². The zero-order valence-corrected chi connectivity index (χ0v) is 16.3. The van der Waals surface area contributed by atoms with Gasteiger partial charge in [0.2, 0.25) is 0 Å². The van der Waals surface area contributed by atoms with Crippen LogP contribution in [0.25, 0.3) is 20.2 Å². The van der Waals surface area contributed by atoms with E-state index in [1.807, 2.05) is 18.2 Å². The summed E-state index contributed by atoms with van der Waals surface area (Å²) in [5.41, 5.74) is -0.911. The predicted molar refractivity (Wildman–Crippen MR) is 108 cm³/mol. The zero-order valence-electron chi connectivity index (χ0n) is 15.5. The lowest BCUT2D eigenvalue weighted by molar-refractivity contribution is -0.169. The third-order valence-electron chi connectivity index (χ3n) is 5.22. The summed E-state index contributed by atoms with van der Waals surface area (Å²) < 4.78 is 32.0. The van der Waals surface area contributed by atoms with Crippen molar-refractivity contribution in [3.63, 3.8) is 0 Å². The van der Waals surface area contributed by atoms with E-state index >= 15 is 0 Å². The van der Waals surface area contributed by atoms with Crippen LogP contribution in [0.1, 0.15) is 25.0 Å². The number of rotatable bonds is 1. The van der Waals surface area contributed by atoms with E-state index in [2.05, 4.69) is 17.2 Å². The van der Waals surface area contributed by atoms with Crippen molar-refractivity contribution in [1.82, 2.24) is 10.2 Å². The molecule has 1 aliphatic rings. The molecule has 0 radical (unpaired) electrons. The van der Waals surface area contributed by atoms with Crippen molar-refractivity contribution in [3.8, 4) is 11.8 Å². The maximum atomic E-state index is 15.0. The minimum absolute atomic E-state index is 0.253. The lowest BCUT2D eigenvalue weighted by Crippen LogP contribution is -2.70. The van der Waals surface area contributed by atoms with Gasteiger partial charge in [0.1, 0.15) is 5.54 Å². The number of alkyl halides is 2. The number of carbonyl (C=O) groups is 1. The summed E-state index contributed by atoms with van der Waals surface area (Å²) in [7, 11) is 1.16. The molecule has 1 aromatic heterocycles. The van der Waals surface area contributed by atoms with E-state index in [1.54, 1.807) is 36.5 Å². The van der Waals surface area contributed by atoms with Crippen LogP contribution in [0.5, 0.6) is 0 Å². The molecule has 1 atom stereocenters. The predicted octanol–water partition coefficient (Wildman–Crippen LogP) is 4.27. The molecule has 7 heteroatoms. The minimum Gasteiger partial charge on any atom is -0.340 e. The normalized spacial score (nSPS) is 21.5. The Morgan fingerprint density at radius 1 is 1.14 bits per heavy atom. The summed E-state index contributed by atoms with van der Waals surface area (Å²) >= 11 is 1.57. The number of fused-ring (bicyclic) bond motifs is 3. The fraction of sp³-hybridized carbons (Fsp3) is 0.238. The van der Waals surface area contributed by atoms with Crippen molar-refractivity contribution < 1.29 is 13.6 Å². The highest BCUT2D eigenvalue weighted by Gasteiger charge is 2.62. The van der Waals surface area contributed by atoms with E-state index < -0.39 is 17.4 Å². The fourth-order valence-corrected chi connectivity index (χ4v) is 4.56. The molecule has 0 saturated carbocycles. The minimum atomic E-state index is -3.70. The number of hydrogen-bond acceptors (Lipinski definition) is 3. The standard InChI is InChI=1S/C21H17F2N3OS/c1-4-5-12-6-8-16-14(10-12)15-11-13(7-9-17(15)28-16)20(2)21(22,23)18(27)26(3)19(24)25-20/h6-11H,1-3H3,(H2,24,25)/t20-/m1/s1. The zero-order chi connectivity index (χ0) is 20.3. The van der Waals surface area contributed by atoms with Gasteiger partial charge in [-0.15, -0.1) is 17.3 Å². The lowest BCUT2D eigenvalue weighted by Gasteiger charge is -2.44. The van der Waals surface area contributed by atoms with Crippen molar-refractivity contribution in [3.05, 3.63) is 47.5 Å². The van der Waals surface area contributed by atoms with E-state index in [1.165, 1.54) is 6.92 Å². The molecule has 2 aromatic carbocycles. The highest BCUT2D eigenvalue weighted by Crippen LogP contribution is 2.44. The second-order valence-corrected chi connectivity index (χ2v) is 8.02. The number of thiophene rings is 1. The van der Waals surface area contributed by atoms with Crippen LogP contribution in [-0.4, -0.2) is 29.7 Å². The molecule has 0 bridgehead atoms. The van der Waals surface area contributed by atoms with Crippen molar-refractivity contribution in [2.45, 2.75) is 25.3 Å². The SMILES string of the molecule is CC#Cc1ccc2sc3ccc([C@@]4(C)NC(=N)N(C)C(=O)C4(F)F)cc3c2c1. The number of benzene rings is 2. The van der Waals surface area contributed by atoms with Crippen molar-refractivity contribution >= 4 is 43.4 Å². The molecule has 2 N–H and O–H groups in total. The number of amides is 1. The Labute approximate surface area is 164 Å². The van der Waals surface area contributed by atoms with Gasteiger partial charge in [-0.25, -0.2) is 0 Å². The van der Waals surface area contributed by atoms with Gasteiger partial charge in [-0.1, -0.05) is 12.0 Å². The van der Waals surface area contributed by atoms with Crippen LogP contribution in [0.15, 0.2) is 36.4 Å². The second-order valence-electron chi connectivity index (χ2n) is 6.94. The van der Waals surface area contributed by atoms with E-state index in [0.29, 0.717) is 4.90 Å². The van der Waals surface area contributed by atoms with Crippen LogP contribution in [0, 0.1) is 17.3 Å². The molecule has 1 saturated heterocycles. The van der Waals surface area contributed by atoms with Gasteiger partial charge in [0.25, 0.3) is 0 Å². The molecule has 0 spiro atoms. The van der Waals surface area contributed by atoms with Gasteiger partial charge in [-0.2, -0.15) is 8.78 Å². The Morgan fingerprint density at radius 3 is 2.46 bits per heavy atom. The fourth-order valence-electron chi connectivity index (χ4n) is 3.49. The molecule has 28 heavy (non-hydrogen) atoms. The van der Waals surface area contributed by atoms with Crippen LogP contribution < -0.4 is 5.32 Å². The summed E-state index contributed by atoms with van der Waals surface area (Å²) in [4.78, 5) is 12.8. The Morgan fingerprint density at radius 2 is 1.79 bits per heavy atom. The van der Waals surface area contributed by atoms with Gasteiger partial charge in [-0.3, -0.25) is 15.1 Å². The van der Waals surface area contributed by atoms with Crippen molar-refractivity contribution in [2.75, 3.05) is 7.05 Å². The van der Waals surface area contributed by atoms with Crippen LogP contribution in [0.3, 0.4) is 0 Å². The quantitative estimate of drug-likeness (QED) is 0.603. The first-order valence-electron chi connectivity index (χ1n) is 8.61. The molecule has 1 aliphatic heterocycles. The van der Waals surface area contributed by atoms with Gasteiger partial charge in [0, 0.05) is 32.8 Å². The van der Waals surface area contributed by atoms with Gasteiger partial charge in [0.15, 0.2) is 5.96 Å². The van der Waals surface area contributed by atoms with E-state index in [0.717, 1.165) is 32.8 Å². The molecule has 2 heterocycles. The molecule has 0 aliphatic carbocycles. The number of halogens is 2. The molecule has 3 aromatic rings. The number of nitrogens with one attached hydrogen (secondary N) is 2. The number of nitrogens with zero attached hydrogens (tertiary/aromatic N) is 1. The van der Waals surface area contributed by atoms with Crippen molar-refractivity contribution in [2.24, 2.45) is 0 Å². The Bertz CT molecular complexity index is 1220. The lowest BCUT2D eigenvalue weighted by atomic mass is 9.82. The molecule has 1 fully saturated rings. The summed E-state index contributed by atoms with van der Waals surface area (Å²) in [6.45, 7) is 3.02. The summed E-state index contributed by atoms with van der Waals surface area (Å²) in [5.74, 6) is 0.424. The maximum Gasteiger partial charge on any atom is 0.351 e. The average Bonchev–Trinajstić information content (AvgIpc) is 3.03. The van der Waals surface area contributed by atoms with Crippen LogP contribution >= 0.6 is 11.3 Å². The highest BCUT2D eigenvalue weighted by atomic mass is 32.1. The maximum absolute atomic E-state index is 15.0. The smallest absolute Gasteiger partial charge is 0.340 e. The number of hydrogen-bond donors (Lipinski definition) is 2. The Balaban J connectivity index is 1.94. The first-order chi connectivity index (χ1) is 13.2. The van der Waals surface area contributed by atoms with E-state index in [9.17, 15) is 13.6 Å². The average molecular weight is 397 g/mol. The molecule has 0 unspecified atom stereocenters. The van der Waals surface area contributed by atoms with Crippen LogP contribution in [0.4, 0.5) is 8.78 Å². The third kappa shape index (κ3) is 2.41. The molecule has 4 nitrogen and oxygen atoms in total. The first kappa shape index (κ1) is 18.4. The molecule has 1 amide bonds. The molecule has 142 valence electrons. The monoisotopic (exact) mass is 397 g/mol. The molecule has 4 rings (SSSR count). The highest BCUT2D eigenvalue weighted by molar-refractivity contribution is 7.25.